The van der Waals surface area contributed by atoms with E-state index in [-0.39, 0.29) is 12.4 Å². The molecule has 0 atom stereocenters. The van der Waals surface area contributed by atoms with E-state index in [4.69, 9.17) is 5.41 Å². The molecule has 1 N–H and O–H groups in total. The van der Waals surface area contributed by atoms with Crippen molar-refractivity contribution in [3.8, 4) is 0 Å². The van der Waals surface area contributed by atoms with Crippen molar-refractivity contribution < 1.29 is 0 Å². The van der Waals surface area contributed by atoms with Crippen LogP contribution in [0.5, 0.6) is 0 Å². The highest BCUT2D eigenvalue weighted by molar-refractivity contribution is 8.13. The van der Waals surface area contributed by atoms with E-state index < -0.39 is 0 Å². The molecular formula is C10H14ClN3S. The maximum absolute atomic E-state index is 7.48. The third kappa shape index (κ3) is 4.85. The van der Waals surface area contributed by atoms with Crippen molar-refractivity contribution in [1.82, 2.24) is 5.01 Å². The van der Waals surface area contributed by atoms with Crippen LogP contribution >= 0.6 is 24.2 Å². The lowest BCUT2D eigenvalue weighted by Crippen LogP contribution is -2.16. The Morgan fingerprint density at radius 1 is 1.40 bits per heavy atom. The highest BCUT2D eigenvalue weighted by Crippen LogP contribution is 2.01. The second kappa shape index (κ2) is 7.31. The van der Waals surface area contributed by atoms with E-state index in [2.05, 4.69) is 5.10 Å². The van der Waals surface area contributed by atoms with Gasteiger partial charge in [-0.25, -0.2) is 5.01 Å². The molecule has 0 fully saturated rings. The second-order valence-corrected chi connectivity index (χ2v) is 3.48. The maximum Gasteiger partial charge on any atom is 0.176 e. The number of amidine groups is 1. The van der Waals surface area contributed by atoms with Crippen molar-refractivity contribution >= 4 is 35.6 Å². The predicted octanol–water partition coefficient (Wildman–Crippen LogP) is 2.67. The Balaban J connectivity index is 0.00000196. The average molecular weight is 244 g/mol. The van der Waals surface area contributed by atoms with Crippen molar-refractivity contribution in [3.05, 3.63) is 35.9 Å². The molecular weight excluding hydrogens is 230 g/mol. The Morgan fingerprint density at radius 2 is 2.00 bits per heavy atom. The van der Waals surface area contributed by atoms with E-state index >= 15 is 0 Å². The number of hydrazone groups is 1. The summed E-state index contributed by atoms with van der Waals surface area (Å²) in [6.45, 7) is 0. The molecule has 0 saturated carbocycles. The highest BCUT2D eigenvalue weighted by atomic mass is 35.5. The van der Waals surface area contributed by atoms with Gasteiger partial charge in [-0.05, 0) is 11.8 Å². The van der Waals surface area contributed by atoms with Crippen LogP contribution in [0.1, 0.15) is 5.56 Å². The highest BCUT2D eigenvalue weighted by Gasteiger charge is 1.97. The molecule has 0 saturated heterocycles. The van der Waals surface area contributed by atoms with Crippen LogP contribution in [0.4, 0.5) is 0 Å². The van der Waals surface area contributed by atoms with Crippen molar-refractivity contribution in [2.24, 2.45) is 5.10 Å². The van der Waals surface area contributed by atoms with Gasteiger partial charge in [0.1, 0.15) is 0 Å². The van der Waals surface area contributed by atoms with Gasteiger partial charge in [-0.1, -0.05) is 42.1 Å². The molecule has 0 amide bonds. The minimum atomic E-state index is 0. The summed E-state index contributed by atoms with van der Waals surface area (Å²) in [5, 5.41) is 13.6. The van der Waals surface area contributed by atoms with E-state index in [0.29, 0.717) is 5.17 Å². The second-order valence-electron chi connectivity index (χ2n) is 2.69. The molecule has 15 heavy (non-hydrogen) atoms. The molecule has 0 bridgehead atoms. The summed E-state index contributed by atoms with van der Waals surface area (Å²) in [4.78, 5) is 0. The zero-order chi connectivity index (χ0) is 10.4. The van der Waals surface area contributed by atoms with Gasteiger partial charge in [0.2, 0.25) is 0 Å². The summed E-state index contributed by atoms with van der Waals surface area (Å²) in [6.07, 6.45) is 3.60. The number of benzene rings is 1. The first-order valence-electron chi connectivity index (χ1n) is 4.19. The topological polar surface area (TPSA) is 39.5 Å². The van der Waals surface area contributed by atoms with Gasteiger partial charge in [0.25, 0.3) is 0 Å². The van der Waals surface area contributed by atoms with Gasteiger partial charge in [-0.15, -0.1) is 12.4 Å². The van der Waals surface area contributed by atoms with Gasteiger partial charge >= 0.3 is 0 Å². The van der Waals surface area contributed by atoms with Crippen LogP contribution in [0.3, 0.4) is 0 Å². The van der Waals surface area contributed by atoms with Gasteiger partial charge in [0.05, 0.1) is 6.21 Å². The lowest BCUT2D eigenvalue weighted by atomic mass is 10.2. The van der Waals surface area contributed by atoms with E-state index in [1.807, 2.05) is 36.6 Å². The summed E-state index contributed by atoms with van der Waals surface area (Å²) < 4.78 is 0. The molecule has 0 radical (unpaired) electrons. The fourth-order valence-corrected chi connectivity index (χ4v) is 1.19. The van der Waals surface area contributed by atoms with Crippen LogP contribution in [0.2, 0.25) is 0 Å². The minimum Gasteiger partial charge on any atom is -0.277 e. The van der Waals surface area contributed by atoms with Crippen LogP contribution in [0, 0.1) is 5.41 Å². The van der Waals surface area contributed by atoms with Crippen LogP contribution in [0.15, 0.2) is 35.4 Å². The Bertz CT molecular complexity index is 327. The van der Waals surface area contributed by atoms with E-state index in [1.165, 1.54) is 16.8 Å². The molecule has 1 aromatic carbocycles. The molecule has 0 heterocycles. The summed E-state index contributed by atoms with van der Waals surface area (Å²) in [5.74, 6) is 0. The molecule has 0 aliphatic rings. The van der Waals surface area contributed by atoms with Crippen LogP contribution in [0.25, 0.3) is 0 Å². The normalized spacial score (nSPS) is 9.73. The molecule has 3 nitrogen and oxygen atoms in total. The molecule has 0 unspecified atom stereocenters. The zero-order valence-electron chi connectivity index (χ0n) is 8.68. The molecule has 0 aliphatic carbocycles. The Hall–Kier alpha value is -1.00. The summed E-state index contributed by atoms with van der Waals surface area (Å²) in [7, 11) is 1.76. The van der Waals surface area contributed by atoms with Crippen molar-refractivity contribution in [3.63, 3.8) is 0 Å². The molecule has 5 heteroatoms. The summed E-state index contributed by atoms with van der Waals surface area (Å²) >= 11 is 1.36. The maximum atomic E-state index is 7.48. The molecule has 1 aromatic rings. The third-order valence-electron chi connectivity index (χ3n) is 1.67. The average Bonchev–Trinajstić information content (AvgIpc) is 2.26. The first-order chi connectivity index (χ1) is 6.74. The predicted molar refractivity (Wildman–Crippen MR) is 70.3 cm³/mol. The first kappa shape index (κ1) is 14.0. The lowest BCUT2D eigenvalue weighted by Gasteiger charge is -2.10. The van der Waals surface area contributed by atoms with E-state index in [1.54, 1.807) is 13.3 Å². The van der Waals surface area contributed by atoms with E-state index in [9.17, 15) is 0 Å². The quantitative estimate of drug-likeness (QED) is 0.493. The van der Waals surface area contributed by atoms with Gasteiger partial charge < -0.3 is 0 Å². The molecule has 0 aliphatic heterocycles. The molecule has 0 aromatic heterocycles. The van der Waals surface area contributed by atoms with E-state index in [0.717, 1.165) is 5.56 Å². The SMILES string of the molecule is CSC(=N)N(C)N=Cc1ccccc1.Cl. The number of thioether (sulfide) groups is 1. The Kier molecular flexibility index (Phi) is 6.83. The Morgan fingerprint density at radius 3 is 2.53 bits per heavy atom. The first-order valence-corrected chi connectivity index (χ1v) is 5.42. The fourth-order valence-electron chi connectivity index (χ4n) is 0.877. The number of rotatable bonds is 2. The summed E-state index contributed by atoms with van der Waals surface area (Å²) in [5.41, 5.74) is 1.04. The number of hydrogen-bond acceptors (Lipinski definition) is 3. The van der Waals surface area contributed by atoms with Crippen molar-refractivity contribution in [1.29, 1.82) is 5.41 Å². The molecule has 82 valence electrons. The largest absolute Gasteiger partial charge is 0.277 e. The van der Waals surface area contributed by atoms with Gasteiger partial charge in [-0.3, -0.25) is 5.41 Å². The number of hydrogen-bond donors (Lipinski definition) is 1. The fraction of sp³-hybridized carbons (Fsp3) is 0.200. The summed E-state index contributed by atoms with van der Waals surface area (Å²) in [6, 6.07) is 9.83. The zero-order valence-corrected chi connectivity index (χ0v) is 10.3. The number of nitrogens with one attached hydrogen (secondary N) is 1. The minimum absolute atomic E-state index is 0. The molecule has 1 rings (SSSR count). The van der Waals surface area contributed by atoms with Crippen LogP contribution < -0.4 is 0 Å². The standard InChI is InChI=1S/C10H13N3S.ClH/c1-13(10(11)14-2)12-8-9-6-4-3-5-7-9;/h3-8,11H,1-2H3;1H. The van der Waals surface area contributed by atoms with Gasteiger partial charge in [0.15, 0.2) is 5.17 Å². The number of nitrogens with zero attached hydrogens (tertiary/aromatic N) is 2. The van der Waals surface area contributed by atoms with Crippen molar-refractivity contribution in [2.45, 2.75) is 0 Å². The van der Waals surface area contributed by atoms with Crippen LogP contribution in [-0.2, 0) is 0 Å². The lowest BCUT2D eigenvalue weighted by molar-refractivity contribution is 0.556. The van der Waals surface area contributed by atoms with Gasteiger partial charge in [-0.2, -0.15) is 5.10 Å². The molecule has 0 spiro atoms. The smallest absolute Gasteiger partial charge is 0.176 e. The monoisotopic (exact) mass is 243 g/mol. The van der Waals surface area contributed by atoms with Crippen molar-refractivity contribution in [2.75, 3.05) is 13.3 Å². The Labute approximate surface area is 100 Å². The van der Waals surface area contributed by atoms with Gasteiger partial charge in [0, 0.05) is 7.05 Å². The third-order valence-corrected chi connectivity index (χ3v) is 2.32. The number of halogens is 1. The van der Waals surface area contributed by atoms with Crippen LogP contribution in [-0.4, -0.2) is 29.7 Å².